The Hall–Kier alpha value is -1.55. The number of anilines is 1. The van der Waals surface area contributed by atoms with Crippen LogP contribution < -0.4 is 16.0 Å². The predicted molar refractivity (Wildman–Crippen MR) is 71.0 cm³/mol. The van der Waals surface area contributed by atoms with Crippen LogP contribution in [0.3, 0.4) is 0 Å². The van der Waals surface area contributed by atoms with E-state index in [0.29, 0.717) is 0 Å². The van der Waals surface area contributed by atoms with Crippen LogP contribution in [0.2, 0.25) is 0 Å². The molecular weight excluding hydrogens is 214 g/mol. The van der Waals surface area contributed by atoms with E-state index in [0.717, 1.165) is 18.8 Å². The maximum absolute atomic E-state index is 11.0. The molecule has 0 aromatic heterocycles. The Morgan fingerprint density at radius 2 is 2.18 bits per heavy atom. The van der Waals surface area contributed by atoms with E-state index in [1.165, 1.54) is 11.1 Å². The highest BCUT2D eigenvalue weighted by atomic mass is 16.1. The quantitative estimate of drug-likeness (QED) is 0.774. The van der Waals surface area contributed by atoms with Gasteiger partial charge in [-0.3, -0.25) is 4.79 Å². The highest BCUT2D eigenvalue weighted by Crippen LogP contribution is 2.21. The summed E-state index contributed by atoms with van der Waals surface area (Å²) in [6.45, 7) is 5.89. The highest BCUT2D eigenvalue weighted by molar-refractivity contribution is 5.80. The first kappa shape index (κ1) is 13.5. The van der Waals surface area contributed by atoms with Crippen LogP contribution in [-0.4, -0.2) is 26.0 Å². The summed E-state index contributed by atoms with van der Waals surface area (Å²) in [5, 5.41) is 3.14. The molecule has 0 atom stereocenters. The molecule has 4 heteroatoms. The second-order valence-electron chi connectivity index (χ2n) is 4.14. The van der Waals surface area contributed by atoms with Gasteiger partial charge in [0.1, 0.15) is 0 Å². The van der Waals surface area contributed by atoms with Gasteiger partial charge in [0.15, 0.2) is 0 Å². The number of primary amides is 1. The zero-order chi connectivity index (χ0) is 12.8. The monoisotopic (exact) mass is 235 g/mol. The first-order chi connectivity index (χ1) is 8.08. The van der Waals surface area contributed by atoms with Crippen molar-refractivity contribution in [2.45, 2.75) is 20.4 Å². The lowest BCUT2D eigenvalue weighted by Gasteiger charge is -2.24. The van der Waals surface area contributed by atoms with E-state index in [1.54, 1.807) is 0 Å². The topological polar surface area (TPSA) is 58.4 Å². The van der Waals surface area contributed by atoms with Gasteiger partial charge in [0, 0.05) is 18.8 Å². The Kier molecular flexibility index (Phi) is 4.97. The molecule has 1 rings (SSSR count). The van der Waals surface area contributed by atoms with Crippen molar-refractivity contribution >= 4 is 11.6 Å². The summed E-state index contributed by atoms with van der Waals surface area (Å²) in [7, 11) is 1.91. The lowest BCUT2D eigenvalue weighted by Crippen LogP contribution is -2.34. The van der Waals surface area contributed by atoms with E-state index < -0.39 is 0 Å². The Morgan fingerprint density at radius 3 is 2.71 bits per heavy atom. The van der Waals surface area contributed by atoms with Gasteiger partial charge in [-0.1, -0.05) is 17.7 Å². The molecule has 0 saturated heterocycles. The molecule has 0 aliphatic carbocycles. The van der Waals surface area contributed by atoms with Crippen LogP contribution in [0.1, 0.15) is 18.1 Å². The number of carbonyl (C=O) groups excluding carboxylic acids is 1. The number of hydrogen-bond donors (Lipinski definition) is 2. The third-order valence-corrected chi connectivity index (χ3v) is 2.67. The van der Waals surface area contributed by atoms with Crippen molar-refractivity contribution < 1.29 is 4.79 Å². The molecule has 3 N–H and O–H groups in total. The molecule has 94 valence electrons. The number of benzene rings is 1. The highest BCUT2D eigenvalue weighted by Gasteiger charge is 2.11. The van der Waals surface area contributed by atoms with Crippen molar-refractivity contribution in [3.8, 4) is 0 Å². The number of hydrogen-bond acceptors (Lipinski definition) is 3. The molecule has 0 fully saturated rings. The van der Waals surface area contributed by atoms with Crippen molar-refractivity contribution in [2.75, 3.05) is 25.0 Å². The van der Waals surface area contributed by atoms with Crippen molar-refractivity contribution in [1.82, 2.24) is 5.32 Å². The van der Waals surface area contributed by atoms with Gasteiger partial charge >= 0.3 is 0 Å². The number of carbonyl (C=O) groups is 1. The minimum Gasteiger partial charge on any atom is -0.368 e. The largest absolute Gasteiger partial charge is 0.368 e. The fraction of sp³-hybridized carbons (Fsp3) is 0.462. The zero-order valence-electron chi connectivity index (χ0n) is 10.8. The fourth-order valence-electron chi connectivity index (χ4n) is 1.91. The van der Waals surface area contributed by atoms with E-state index in [1.807, 2.05) is 18.9 Å². The van der Waals surface area contributed by atoms with Gasteiger partial charge in [0.2, 0.25) is 5.91 Å². The molecule has 1 aromatic carbocycles. The van der Waals surface area contributed by atoms with E-state index in [9.17, 15) is 4.79 Å². The number of rotatable bonds is 6. The number of nitrogens with zero attached hydrogens (tertiary/aromatic N) is 1. The van der Waals surface area contributed by atoms with Gasteiger partial charge in [-0.15, -0.1) is 0 Å². The maximum Gasteiger partial charge on any atom is 0.236 e. The summed E-state index contributed by atoms with van der Waals surface area (Å²) < 4.78 is 0. The van der Waals surface area contributed by atoms with Crippen LogP contribution in [0, 0.1) is 6.92 Å². The Morgan fingerprint density at radius 1 is 1.47 bits per heavy atom. The second-order valence-corrected chi connectivity index (χ2v) is 4.14. The van der Waals surface area contributed by atoms with Crippen LogP contribution in [0.4, 0.5) is 5.69 Å². The summed E-state index contributed by atoms with van der Waals surface area (Å²) in [6, 6.07) is 6.24. The lowest BCUT2D eigenvalue weighted by molar-refractivity contribution is -0.116. The van der Waals surface area contributed by atoms with E-state index in [-0.39, 0.29) is 12.5 Å². The molecule has 0 saturated carbocycles. The summed E-state index contributed by atoms with van der Waals surface area (Å²) in [5.41, 5.74) is 8.75. The van der Waals surface area contributed by atoms with Crippen LogP contribution in [-0.2, 0) is 11.3 Å². The van der Waals surface area contributed by atoms with Crippen LogP contribution in [0.25, 0.3) is 0 Å². The summed E-state index contributed by atoms with van der Waals surface area (Å²) in [5.74, 6) is -0.303. The molecule has 0 heterocycles. The summed E-state index contributed by atoms with van der Waals surface area (Å²) in [6.07, 6.45) is 0. The lowest BCUT2D eigenvalue weighted by atomic mass is 10.1. The third-order valence-electron chi connectivity index (χ3n) is 2.67. The number of amides is 1. The molecule has 1 amide bonds. The van der Waals surface area contributed by atoms with Crippen molar-refractivity contribution in [1.29, 1.82) is 0 Å². The summed E-state index contributed by atoms with van der Waals surface area (Å²) >= 11 is 0. The van der Waals surface area contributed by atoms with Gasteiger partial charge < -0.3 is 16.0 Å². The second kappa shape index (κ2) is 6.25. The van der Waals surface area contributed by atoms with E-state index in [4.69, 9.17) is 5.73 Å². The molecule has 0 bridgehead atoms. The van der Waals surface area contributed by atoms with Gasteiger partial charge in [0.05, 0.1) is 6.54 Å². The SMILES string of the molecule is CCN(CC(N)=O)c1ccc(C)cc1CNC. The minimum atomic E-state index is -0.303. The first-order valence-electron chi connectivity index (χ1n) is 5.85. The normalized spacial score (nSPS) is 10.3. The summed E-state index contributed by atoms with van der Waals surface area (Å²) in [4.78, 5) is 13.0. The molecule has 0 aliphatic rings. The first-order valence-corrected chi connectivity index (χ1v) is 5.85. The Labute approximate surface area is 103 Å². The van der Waals surface area contributed by atoms with Gasteiger partial charge in [-0.2, -0.15) is 0 Å². The smallest absolute Gasteiger partial charge is 0.236 e. The molecule has 4 nitrogen and oxygen atoms in total. The fourth-order valence-corrected chi connectivity index (χ4v) is 1.91. The Balaban J connectivity index is 3.04. The van der Waals surface area contributed by atoms with Crippen molar-refractivity contribution in [3.05, 3.63) is 29.3 Å². The molecule has 0 spiro atoms. The van der Waals surface area contributed by atoms with Crippen molar-refractivity contribution in [3.63, 3.8) is 0 Å². The molecule has 0 unspecified atom stereocenters. The van der Waals surface area contributed by atoms with Crippen molar-refractivity contribution in [2.24, 2.45) is 5.73 Å². The number of likely N-dealkylation sites (N-methyl/N-ethyl adjacent to an activating group) is 1. The van der Waals surface area contributed by atoms with Crippen LogP contribution >= 0.6 is 0 Å². The van der Waals surface area contributed by atoms with Gasteiger partial charge in [-0.05, 0) is 32.5 Å². The van der Waals surface area contributed by atoms with E-state index in [2.05, 4.69) is 30.4 Å². The average molecular weight is 235 g/mol. The molecular formula is C13H21N3O. The average Bonchev–Trinajstić information content (AvgIpc) is 2.27. The number of nitrogens with two attached hydrogens (primary N) is 1. The number of nitrogens with one attached hydrogen (secondary N) is 1. The van der Waals surface area contributed by atoms with Crippen LogP contribution in [0.5, 0.6) is 0 Å². The van der Waals surface area contributed by atoms with Gasteiger partial charge in [0.25, 0.3) is 0 Å². The minimum absolute atomic E-state index is 0.260. The zero-order valence-corrected chi connectivity index (χ0v) is 10.8. The van der Waals surface area contributed by atoms with E-state index >= 15 is 0 Å². The van der Waals surface area contributed by atoms with Gasteiger partial charge in [-0.25, -0.2) is 0 Å². The molecule has 0 aliphatic heterocycles. The standard InChI is InChI=1S/C13H21N3O/c1-4-16(9-13(14)17)12-6-5-10(2)7-11(12)8-15-3/h5-7,15H,4,8-9H2,1-3H3,(H2,14,17). The molecule has 0 radical (unpaired) electrons. The number of aryl methyl sites for hydroxylation is 1. The molecule has 1 aromatic rings. The van der Waals surface area contributed by atoms with Crippen LogP contribution in [0.15, 0.2) is 18.2 Å². The Bertz CT molecular complexity index is 390. The predicted octanol–water partition coefficient (Wildman–Crippen LogP) is 1.03. The molecule has 17 heavy (non-hydrogen) atoms. The third kappa shape index (κ3) is 3.75. The maximum atomic E-state index is 11.0.